The van der Waals surface area contributed by atoms with Crippen LogP contribution < -0.4 is 9.64 Å². The molecule has 2 N–H and O–H groups in total. The molecule has 2 aromatic rings. The monoisotopic (exact) mass is 340 g/mol. The topological polar surface area (TPSA) is 33.9 Å². The molecule has 134 valence electrons. The molecule has 1 heterocycles. The van der Waals surface area contributed by atoms with Crippen LogP contribution in [0, 0.1) is 6.92 Å². The van der Waals surface area contributed by atoms with E-state index in [0.717, 1.165) is 31.8 Å². The van der Waals surface area contributed by atoms with Crippen molar-refractivity contribution in [3.63, 3.8) is 0 Å². The van der Waals surface area contributed by atoms with Crippen molar-refractivity contribution in [3.05, 3.63) is 64.7 Å². The van der Waals surface area contributed by atoms with Crippen molar-refractivity contribution in [1.29, 1.82) is 0 Å². The van der Waals surface area contributed by atoms with E-state index < -0.39 is 6.10 Å². The molecule has 0 spiro atoms. The first-order valence-corrected chi connectivity index (χ1v) is 9.34. The average Bonchev–Trinajstić information content (AvgIpc) is 2.59. The SMILES string of the molecule is Cc1cc(OC[C@H](O)C[NH+]2CCc3ccccc3C2)ccc1C(C)C. The first-order valence-electron chi connectivity index (χ1n) is 9.34. The van der Waals surface area contributed by atoms with Crippen molar-refractivity contribution in [2.75, 3.05) is 19.7 Å². The quantitative estimate of drug-likeness (QED) is 0.847. The third-order valence-corrected chi connectivity index (χ3v) is 5.14. The summed E-state index contributed by atoms with van der Waals surface area (Å²) in [6.45, 7) is 9.68. The van der Waals surface area contributed by atoms with Crippen LogP contribution >= 0.6 is 0 Å². The number of rotatable bonds is 6. The van der Waals surface area contributed by atoms with Gasteiger partial charge in [0.1, 0.15) is 31.5 Å². The highest BCUT2D eigenvalue weighted by atomic mass is 16.5. The number of hydrogen-bond donors (Lipinski definition) is 2. The van der Waals surface area contributed by atoms with Crippen LogP contribution in [0.4, 0.5) is 0 Å². The van der Waals surface area contributed by atoms with Crippen LogP contribution in [0.3, 0.4) is 0 Å². The third kappa shape index (κ3) is 4.62. The van der Waals surface area contributed by atoms with Gasteiger partial charge >= 0.3 is 0 Å². The summed E-state index contributed by atoms with van der Waals surface area (Å²) < 4.78 is 5.83. The van der Waals surface area contributed by atoms with Gasteiger partial charge in [0.05, 0.1) is 6.54 Å². The van der Waals surface area contributed by atoms with Crippen molar-refractivity contribution < 1.29 is 14.7 Å². The Labute approximate surface area is 151 Å². The molecule has 3 nitrogen and oxygen atoms in total. The number of ether oxygens (including phenoxy) is 1. The molecule has 25 heavy (non-hydrogen) atoms. The number of aliphatic hydroxyl groups is 1. The fourth-order valence-electron chi connectivity index (χ4n) is 3.79. The van der Waals surface area contributed by atoms with Gasteiger partial charge < -0.3 is 14.7 Å². The molecule has 3 rings (SSSR count). The lowest BCUT2D eigenvalue weighted by atomic mass is 9.98. The lowest BCUT2D eigenvalue weighted by Crippen LogP contribution is -3.13. The molecule has 1 aliphatic heterocycles. The summed E-state index contributed by atoms with van der Waals surface area (Å²) in [5.74, 6) is 1.37. The molecule has 0 fully saturated rings. The Kier molecular flexibility index (Phi) is 5.77. The van der Waals surface area contributed by atoms with E-state index in [1.54, 1.807) is 0 Å². The normalized spacial score (nSPS) is 18.0. The van der Waals surface area contributed by atoms with Crippen molar-refractivity contribution in [1.82, 2.24) is 0 Å². The summed E-state index contributed by atoms with van der Waals surface area (Å²) in [6, 6.07) is 14.9. The summed E-state index contributed by atoms with van der Waals surface area (Å²) >= 11 is 0. The lowest BCUT2D eigenvalue weighted by Gasteiger charge is -2.27. The number of quaternary nitrogens is 1. The van der Waals surface area contributed by atoms with E-state index in [1.807, 2.05) is 6.07 Å². The number of benzene rings is 2. The van der Waals surface area contributed by atoms with Gasteiger partial charge in [-0.15, -0.1) is 0 Å². The number of nitrogens with one attached hydrogen (secondary N) is 1. The molecular formula is C22H30NO2+. The second-order valence-corrected chi connectivity index (χ2v) is 7.54. The highest BCUT2D eigenvalue weighted by Gasteiger charge is 2.22. The van der Waals surface area contributed by atoms with Gasteiger partial charge in [0.15, 0.2) is 0 Å². The molecule has 2 atom stereocenters. The standard InChI is InChI=1S/C22H29NO2/c1-16(2)22-9-8-21(12-17(22)3)25-15-20(24)14-23-11-10-18-6-4-5-7-19(18)13-23/h4-9,12,16,20,24H,10-11,13-15H2,1-3H3/p+1/t20-/m1/s1. The molecule has 0 aliphatic carbocycles. The molecule has 2 aromatic carbocycles. The van der Waals surface area contributed by atoms with E-state index in [-0.39, 0.29) is 0 Å². The maximum absolute atomic E-state index is 10.4. The molecule has 0 radical (unpaired) electrons. The van der Waals surface area contributed by atoms with Gasteiger partial charge in [-0.05, 0) is 41.7 Å². The molecule has 3 heteroatoms. The summed E-state index contributed by atoms with van der Waals surface area (Å²) in [6.07, 6.45) is 0.653. The molecule has 1 unspecified atom stereocenters. The zero-order valence-corrected chi connectivity index (χ0v) is 15.6. The summed E-state index contributed by atoms with van der Waals surface area (Å²) in [4.78, 5) is 1.43. The number of aryl methyl sites for hydroxylation is 1. The Morgan fingerprint density at radius 2 is 1.88 bits per heavy atom. The van der Waals surface area contributed by atoms with Crippen LogP contribution in [-0.4, -0.2) is 30.9 Å². The number of fused-ring (bicyclic) bond motifs is 1. The molecule has 0 aromatic heterocycles. The van der Waals surface area contributed by atoms with Crippen LogP contribution in [0.2, 0.25) is 0 Å². The maximum atomic E-state index is 10.4. The van der Waals surface area contributed by atoms with E-state index in [4.69, 9.17) is 4.74 Å². The highest BCUT2D eigenvalue weighted by molar-refractivity contribution is 5.36. The van der Waals surface area contributed by atoms with Crippen molar-refractivity contribution in [2.45, 2.75) is 45.8 Å². The van der Waals surface area contributed by atoms with E-state index >= 15 is 0 Å². The van der Waals surface area contributed by atoms with Crippen LogP contribution in [0.25, 0.3) is 0 Å². The van der Waals surface area contributed by atoms with E-state index in [9.17, 15) is 5.11 Å². The van der Waals surface area contributed by atoms with E-state index in [0.29, 0.717) is 12.5 Å². The smallest absolute Gasteiger partial charge is 0.137 e. The fraction of sp³-hybridized carbons (Fsp3) is 0.455. The molecule has 0 amide bonds. The van der Waals surface area contributed by atoms with Gasteiger partial charge in [-0.1, -0.05) is 44.2 Å². The molecule has 0 saturated heterocycles. The first-order chi connectivity index (χ1) is 12.0. The van der Waals surface area contributed by atoms with Crippen LogP contribution in [0.15, 0.2) is 42.5 Å². The van der Waals surface area contributed by atoms with Gasteiger partial charge in [0.2, 0.25) is 0 Å². The van der Waals surface area contributed by atoms with Gasteiger partial charge in [-0.3, -0.25) is 0 Å². The van der Waals surface area contributed by atoms with Crippen LogP contribution in [0.1, 0.15) is 42.0 Å². The molecular weight excluding hydrogens is 310 g/mol. The minimum absolute atomic E-state index is 0.353. The molecule has 0 bridgehead atoms. The predicted molar refractivity (Wildman–Crippen MR) is 101 cm³/mol. The third-order valence-electron chi connectivity index (χ3n) is 5.14. The zero-order chi connectivity index (χ0) is 17.8. The minimum atomic E-state index is -0.439. The fourth-order valence-corrected chi connectivity index (χ4v) is 3.79. The van der Waals surface area contributed by atoms with Crippen molar-refractivity contribution in [2.24, 2.45) is 0 Å². The Bertz CT molecular complexity index is 711. The Morgan fingerprint density at radius 1 is 1.12 bits per heavy atom. The number of aliphatic hydroxyl groups excluding tert-OH is 1. The summed E-state index contributed by atoms with van der Waals surface area (Å²) in [7, 11) is 0. The van der Waals surface area contributed by atoms with Gasteiger partial charge in [0, 0.05) is 12.0 Å². The second kappa shape index (κ2) is 8.03. The largest absolute Gasteiger partial charge is 0.491 e. The summed E-state index contributed by atoms with van der Waals surface area (Å²) in [5, 5.41) is 10.4. The highest BCUT2D eigenvalue weighted by Crippen LogP contribution is 2.23. The second-order valence-electron chi connectivity index (χ2n) is 7.54. The number of hydrogen-bond acceptors (Lipinski definition) is 2. The van der Waals surface area contributed by atoms with E-state index in [1.165, 1.54) is 27.2 Å². The van der Waals surface area contributed by atoms with Gasteiger partial charge in [0.25, 0.3) is 0 Å². The zero-order valence-electron chi connectivity index (χ0n) is 15.6. The van der Waals surface area contributed by atoms with Gasteiger partial charge in [-0.25, -0.2) is 0 Å². The predicted octanol–water partition coefficient (Wildman–Crippen LogP) is 2.50. The van der Waals surface area contributed by atoms with Crippen molar-refractivity contribution >= 4 is 0 Å². The average molecular weight is 340 g/mol. The Hall–Kier alpha value is -1.84. The maximum Gasteiger partial charge on any atom is 0.137 e. The summed E-state index contributed by atoms with van der Waals surface area (Å²) in [5.41, 5.74) is 5.47. The molecule has 0 saturated carbocycles. The minimum Gasteiger partial charge on any atom is -0.491 e. The van der Waals surface area contributed by atoms with Crippen molar-refractivity contribution in [3.8, 4) is 5.75 Å². The first kappa shape index (κ1) is 18.0. The molecule has 1 aliphatic rings. The van der Waals surface area contributed by atoms with E-state index in [2.05, 4.69) is 57.2 Å². The Morgan fingerprint density at radius 3 is 2.60 bits per heavy atom. The van der Waals surface area contributed by atoms with Gasteiger partial charge in [-0.2, -0.15) is 0 Å². The van der Waals surface area contributed by atoms with Crippen LogP contribution in [0.5, 0.6) is 5.75 Å². The Balaban J connectivity index is 1.50. The van der Waals surface area contributed by atoms with Crippen LogP contribution in [-0.2, 0) is 13.0 Å². The lowest BCUT2D eigenvalue weighted by molar-refractivity contribution is -0.918.